The lowest BCUT2D eigenvalue weighted by molar-refractivity contribution is -0.135. The van der Waals surface area contributed by atoms with Gasteiger partial charge in [0.1, 0.15) is 0 Å². The van der Waals surface area contributed by atoms with Gasteiger partial charge in [0.25, 0.3) is 5.91 Å². The molecule has 0 spiro atoms. The highest BCUT2D eigenvalue weighted by molar-refractivity contribution is 7.89. The molecule has 1 aromatic carbocycles. The van der Waals surface area contributed by atoms with E-state index < -0.39 is 16.0 Å². The average Bonchev–Trinajstić information content (AvgIpc) is 2.73. The maximum absolute atomic E-state index is 12.8. The Labute approximate surface area is 165 Å². The van der Waals surface area contributed by atoms with Gasteiger partial charge in [0, 0.05) is 26.2 Å². The zero-order valence-corrected chi connectivity index (χ0v) is 16.9. The molecule has 1 amide bonds. The molecule has 0 radical (unpaired) electrons. The molecule has 2 aliphatic heterocycles. The van der Waals surface area contributed by atoms with Crippen LogP contribution in [0.2, 0.25) is 0 Å². The number of hydrogen-bond donors (Lipinski definition) is 0. The summed E-state index contributed by atoms with van der Waals surface area (Å²) in [6, 6.07) is 4.39. The first kappa shape index (κ1) is 20.8. The summed E-state index contributed by atoms with van der Waals surface area (Å²) >= 11 is 0. The fraction of sp³-hybridized carbons (Fsp3) is 0.579. The van der Waals surface area contributed by atoms with Crippen molar-refractivity contribution in [1.82, 2.24) is 9.21 Å². The Morgan fingerprint density at radius 2 is 1.75 bits per heavy atom. The fourth-order valence-corrected chi connectivity index (χ4v) is 4.79. The van der Waals surface area contributed by atoms with Crippen molar-refractivity contribution in [2.75, 3.05) is 46.0 Å². The summed E-state index contributed by atoms with van der Waals surface area (Å²) in [4.78, 5) is 26.4. The number of carbonyl (C=O) groups excluding carboxylic acids is 2. The second kappa shape index (κ2) is 9.02. The smallest absolute Gasteiger partial charge is 0.338 e. The third kappa shape index (κ3) is 4.71. The summed E-state index contributed by atoms with van der Waals surface area (Å²) in [5.74, 6) is -0.912. The standard InChI is InChI=1S/C19H26N2O6S/c1-15-5-6-16(28(24,25)21-9-11-26-12-10-21)13-17(15)19(23)27-14-18(22)20-7-3-2-4-8-20/h5-6,13H,2-4,7-12,14H2,1H3. The van der Waals surface area contributed by atoms with E-state index in [4.69, 9.17) is 9.47 Å². The van der Waals surface area contributed by atoms with Gasteiger partial charge < -0.3 is 14.4 Å². The molecule has 28 heavy (non-hydrogen) atoms. The molecule has 154 valence electrons. The van der Waals surface area contributed by atoms with E-state index in [1.165, 1.54) is 16.4 Å². The number of nitrogens with zero attached hydrogens (tertiary/aromatic N) is 2. The fourth-order valence-electron chi connectivity index (χ4n) is 3.36. The first-order valence-electron chi connectivity index (χ1n) is 9.53. The van der Waals surface area contributed by atoms with Gasteiger partial charge in [-0.3, -0.25) is 4.79 Å². The van der Waals surface area contributed by atoms with Crippen LogP contribution in [0.4, 0.5) is 0 Å². The van der Waals surface area contributed by atoms with Crippen LogP contribution in [0, 0.1) is 6.92 Å². The van der Waals surface area contributed by atoms with Crippen LogP contribution in [0.3, 0.4) is 0 Å². The molecule has 0 aromatic heterocycles. The highest BCUT2D eigenvalue weighted by Crippen LogP contribution is 2.21. The van der Waals surface area contributed by atoms with Gasteiger partial charge in [0.2, 0.25) is 10.0 Å². The van der Waals surface area contributed by atoms with E-state index in [1.54, 1.807) is 17.9 Å². The molecule has 0 atom stereocenters. The van der Waals surface area contributed by atoms with E-state index in [9.17, 15) is 18.0 Å². The van der Waals surface area contributed by atoms with Crippen LogP contribution in [0.15, 0.2) is 23.1 Å². The van der Waals surface area contributed by atoms with Crippen molar-refractivity contribution in [3.05, 3.63) is 29.3 Å². The first-order valence-corrected chi connectivity index (χ1v) is 11.0. The van der Waals surface area contributed by atoms with Crippen LogP contribution in [-0.4, -0.2) is 75.5 Å². The van der Waals surface area contributed by atoms with Gasteiger partial charge in [-0.05, 0) is 43.9 Å². The van der Waals surface area contributed by atoms with Crippen molar-refractivity contribution in [2.45, 2.75) is 31.1 Å². The Morgan fingerprint density at radius 1 is 1.07 bits per heavy atom. The van der Waals surface area contributed by atoms with E-state index >= 15 is 0 Å². The normalized spacial score (nSPS) is 18.7. The second-order valence-electron chi connectivity index (χ2n) is 7.01. The number of carbonyl (C=O) groups is 2. The minimum atomic E-state index is -3.71. The molecule has 0 aliphatic carbocycles. The van der Waals surface area contributed by atoms with E-state index in [-0.39, 0.29) is 36.1 Å². The van der Waals surface area contributed by atoms with Gasteiger partial charge in [0.05, 0.1) is 23.7 Å². The van der Waals surface area contributed by atoms with Crippen molar-refractivity contribution in [3.63, 3.8) is 0 Å². The molecule has 0 saturated carbocycles. The summed E-state index contributed by atoms with van der Waals surface area (Å²) in [7, 11) is -3.71. The zero-order valence-electron chi connectivity index (χ0n) is 16.1. The zero-order chi connectivity index (χ0) is 20.1. The van der Waals surface area contributed by atoms with Crippen LogP contribution in [0.25, 0.3) is 0 Å². The van der Waals surface area contributed by atoms with Gasteiger partial charge in [-0.1, -0.05) is 6.07 Å². The predicted octanol–water partition coefficient (Wildman–Crippen LogP) is 1.19. The molecule has 9 heteroatoms. The molecule has 0 bridgehead atoms. The molecule has 2 aliphatic rings. The second-order valence-corrected chi connectivity index (χ2v) is 8.95. The highest BCUT2D eigenvalue weighted by atomic mass is 32.2. The van der Waals surface area contributed by atoms with Crippen LogP contribution in [-0.2, 0) is 24.3 Å². The Morgan fingerprint density at radius 3 is 2.43 bits per heavy atom. The van der Waals surface area contributed by atoms with Crippen molar-refractivity contribution in [1.29, 1.82) is 0 Å². The Kier molecular flexibility index (Phi) is 6.69. The number of benzene rings is 1. The summed E-state index contributed by atoms with van der Waals surface area (Å²) < 4.78 is 37.3. The lowest BCUT2D eigenvalue weighted by Gasteiger charge is -2.26. The number of aryl methyl sites for hydroxylation is 1. The maximum atomic E-state index is 12.8. The molecular formula is C19H26N2O6S. The Hall–Kier alpha value is -1.97. The van der Waals surface area contributed by atoms with Crippen LogP contribution in [0.1, 0.15) is 35.2 Å². The maximum Gasteiger partial charge on any atom is 0.338 e. The lowest BCUT2D eigenvalue weighted by Crippen LogP contribution is -2.40. The minimum Gasteiger partial charge on any atom is -0.452 e. The number of hydrogen-bond acceptors (Lipinski definition) is 6. The molecule has 1 aromatic rings. The van der Waals surface area contributed by atoms with Gasteiger partial charge in [-0.15, -0.1) is 0 Å². The molecule has 2 saturated heterocycles. The summed E-state index contributed by atoms with van der Waals surface area (Å²) in [5.41, 5.74) is 0.747. The molecule has 8 nitrogen and oxygen atoms in total. The van der Waals surface area contributed by atoms with Crippen molar-refractivity contribution in [3.8, 4) is 0 Å². The van der Waals surface area contributed by atoms with Gasteiger partial charge in [-0.2, -0.15) is 4.31 Å². The van der Waals surface area contributed by atoms with Gasteiger partial charge >= 0.3 is 5.97 Å². The monoisotopic (exact) mass is 410 g/mol. The van der Waals surface area contributed by atoms with E-state index in [1.807, 2.05) is 0 Å². The molecule has 3 rings (SSSR count). The van der Waals surface area contributed by atoms with Crippen molar-refractivity contribution >= 4 is 21.9 Å². The van der Waals surface area contributed by atoms with Gasteiger partial charge in [0.15, 0.2) is 6.61 Å². The van der Waals surface area contributed by atoms with Crippen LogP contribution in [0.5, 0.6) is 0 Å². The third-order valence-corrected chi connectivity index (χ3v) is 6.97. The minimum absolute atomic E-state index is 0.0364. The van der Waals surface area contributed by atoms with Gasteiger partial charge in [-0.25, -0.2) is 13.2 Å². The quantitative estimate of drug-likeness (QED) is 0.677. The largest absolute Gasteiger partial charge is 0.452 e. The molecule has 0 N–H and O–H groups in total. The number of sulfonamides is 1. The summed E-state index contributed by atoms with van der Waals surface area (Å²) in [5, 5.41) is 0. The third-order valence-electron chi connectivity index (χ3n) is 5.07. The van der Waals surface area contributed by atoms with E-state index in [0.717, 1.165) is 19.3 Å². The number of amides is 1. The average molecular weight is 410 g/mol. The first-order chi connectivity index (χ1) is 13.4. The Bertz CT molecular complexity index is 827. The van der Waals surface area contributed by atoms with Crippen molar-refractivity contribution < 1.29 is 27.5 Å². The molecule has 2 fully saturated rings. The van der Waals surface area contributed by atoms with Crippen molar-refractivity contribution in [2.24, 2.45) is 0 Å². The molecule has 0 unspecified atom stereocenters. The topological polar surface area (TPSA) is 93.2 Å². The Balaban J connectivity index is 1.70. The summed E-state index contributed by atoms with van der Waals surface area (Å²) in [6.07, 6.45) is 3.02. The number of morpholine rings is 1. The van der Waals surface area contributed by atoms with Crippen LogP contribution < -0.4 is 0 Å². The number of esters is 1. The molecular weight excluding hydrogens is 384 g/mol. The SMILES string of the molecule is Cc1ccc(S(=O)(=O)N2CCOCC2)cc1C(=O)OCC(=O)N1CCCCC1. The molecule has 2 heterocycles. The number of piperidine rings is 1. The lowest BCUT2D eigenvalue weighted by atomic mass is 10.1. The number of rotatable bonds is 5. The highest BCUT2D eigenvalue weighted by Gasteiger charge is 2.28. The predicted molar refractivity (Wildman–Crippen MR) is 101 cm³/mol. The van der Waals surface area contributed by atoms with Crippen LogP contribution >= 0.6 is 0 Å². The van der Waals surface area contributed by atoms with E-state index in [0.29, 0.717) is 31.9 Å². The summed E-state index contributed by atoms with van der Waals surface area (Å²) in [6.45, 7) is 3.98. The van der Waals surface area contributed by atoms with E-state index in [2.05, 4.69) is 0 Å². The number of likely N-dealkylation sites (tertiary alicyclic amines) is 1. The number of ether oxygens (including phenoxy) is 2.